The Hall–Kier alpha value is -1.79. The summed E-state index contributed by atoms with van der Waals surface area (Å²) in [7, 11) is -1.31. The number of aliphatic hydroxyl groups excluding tert-OH is 1. The standard InChI is InChI=1S/C32H46ClFN4O4S/c1-37-20-25(38-21-24(37)6-5-19-43(38,40)41)14-16-28-29(34)8-4-9-30(28)36-32(39)31(35)27(22-10-12-23(33)13-11-22)17-15-26-7-2-3-18-42-26/h4,8-13,24-27,31-32,36,39H,2-3,5-7,14-21,35H2,1H3/t24?,25?,26?,27-,31+,32?/m1/s1. The van der Waals surface area contributed by atoms with Crippen molar-refractivity contribution in [3.05, 3.63) is 64.4 Å². The van der Waals surface area contributed by atoms with E-state index in [1.54, 1.807) is 16.4 Å². The lowest BCUT2D eigenvalue weighted by Gasteiger charge is -2.42. The third-order valence-electron chi connectivity index (χ3n) is 9.57. The lowest BCUT2D eigenvalue weighted by molar-refractivity contribution is 0.00780. The molecule has 3 aliphatic heterocycles. The van der Waals surface area contributed by atoms with Crippen LogP contribution in [-0.4, -0.2) is 85.7 Å². The van der Waals surface area contributed by atoms with Gasteiger partial charge >= 0.3 is 0 Å². The van der Waals surface area contributed by atoms with Gasteiger partial charge in [-0.2, -0.15) is 4.31 Å². The van der Waals surface area contributed by atoms with Crippen molar-refractivity contribution in [1.29, 1.82) is 0 Å². The molecule has 3 aliphatic rings. The van der Waals surface area contributed by atoms with E-state index in [0.29, 0.717) is 48.6 Å². The van der Waals surface area contributed by atoms with Gasteiger partial charge in [0.25, 0.3) is 0 Å². The molecule has 5 unspecified atom stereocenters. The fraction of sp³-hybridized carbons (Fsp3) is 0.625. The van der Waals surface area contributed by atoms with Gasteiger partial charge in [-0.15, -0.1) is 0 Å². The fourth-order valence-electron chi connectivity index (χ4n) is 7.00. The first-order chi connectivity index (χ1) is 20.6. The molecular weight excluding hydrogens is 591 g/mol. The van der Waals surface area contributed by atoms with Crippen molar-refractivity contribution in [3.8, 4) is 0 Å². The number of ether oxygens (including phenoxy) is 1. The van der Waals surface area contributed by atoms with Gasteiger partial charge in [-0.1, -0.05) is 29.8 Å². The fourth-order valence-corrected chi connectivity index (χ4v) is 8.92. The average Bonchev–Trinajstić information content (AvgIpc) is 3.12. The van der Waals surface area contributed by atoms with Gasteiger partial charge in [-0.05, 0) is 94.7 Å². The molecule has 2 bridgehead atoms. The van der Waals surface area contributed by atoms with Crippen LogP contribution in [0.1, 0.15) is 68.4 Å². The zero-order valence-corrected chi connectivity index (χ0v) is 26.6. The molecule has 5 rings (SSSR count). The minimum Gasteiger partial charge on any atom is -0.378 e. The minimum absolute atomic E-state index is 0.159. The second kappa shape index (κ2) is 14.5. The maximum atomic E-state index is 15.3. The van der Waals surface area contributed by atoms with E-state index in [2.05, 4.69) is 10.2 Å². The van der Waals surface area contributed by atoms with Gasteiger partial charge < -0.3 is 25.8 Å². The zero-order chi connectivity index (χ0) is 30.6. The second-order valence-electron chi connectivity index (χ2n) is 12.5. The molecule has 0 spiro atoms. The molecule has 0 amide bonds. The van der Waals surface area contributed by atoms with Crippen molar-refractivity contribution >= 4 is 27.3 Å². The van der Waals surface area contributed by atoms with Crippen molar-refractivity contribution in [3.63, 3.8) is 0 Å². The molecular formula is C32H46ClFN4O4S. The molecule has 8 nitrogen and oxygen atoms in total. The van der Waals surface area contributed by atoms with Gasteiger partial charge in [0.1, 0.15) is 12.0 Å². The summed E-state index contributed by atoms with van der Waals surface area (Å²) in [6, 6.07) is 11.6. The Balaban J connectivity index is 1.29. The van der Waals surface area contributed by atoms with Gasteiger partial charge in [0.05, 0.1) is 17.9 Å². The summed E-state index contributed by atoms with van der Waals surface area (Å²) < 4.78 is 48.9. The number of aliphatic hydroxyl groups is 1. The summed E-state index contributed by atoms with van der Waals surface area (Å²) in [5, 5.41) is 15.1. The molecule has 0 saturated carbocycles. The highest BCUT2D eigenvalue weighted by Crippen LogP contribution is 2.32. The summed E-state index contributed by atoms with van der Waals surface area (Å²) in [6.07, 6.45) is 6.16. The molecule has 43 heavy (non-hydrogen) atoms. The molecule has 3 fully saturated rings. The van der Waals surface area contributed by atoms with Crippen LogP contribution in [0.15, 0.2) is 42.5 Å². The number of anilines is 1. The number of benzene rings is 2. The van der Waals surface area contributed by atoms with E-state index < -0.39 is 28.1 Å². The van der Waals surface area contributed by atoms with Crippen molar-refractivity contribution in [2.45, 2.75) is 94.2 Å². The zero-order valence-electron chi connectivity index (χ0n) is 25.0. The molecule has 4 N–H and O–H groups in total. The number of likely N-dealkylation sites (N-methyl/N-ethyl adjacent to an activating group) is 1. The first-order valence-electron chi connectivity index (χ1n) is 15.7. The third-order valence-corrected chi connectivity index (χ3v) is 11.8. The van der Waals surface area contributed by atoms with E-state index >= 15 is 4.39 Å². The quantitative estimate of drug-likeness (QED) is 0.307. The number of fused-ring (bicyclic) bond motifs is 2. The van der Waals surface area contributed by atoms with E-state index in [4.69, 9.17) is 22.1 Å². The number of nitrogens with two attached hydrogens (primary N) is 1. The van der Waals surface area contributed by atoms with Crippen molar-refractivity contribution in [2.75, 3.05) is 37.8 Å². The molecule has 238 valence electrons. The monoisotopic (exact) mass is 636 g/mol. The number of hydrogen-bond acceptors (Lipinski definition) is 7. The SMILES string of the molecule is CN1CC(CCc2c(F)cccc2NC(O)[C@@H](N)[C@H](CCC2CCCCO2)c2ccc(Cl)cc2)N2CC1CCCS2(=O)=O. The smallest absolute Gasteiger partial charge is 0.214 e. The lowest BCUT2D eigenvalue weighted by Crippen LogP contribution is -2.57. The van der Waals surface area contributed by atoms with Crippen LogP contribution in [0.3, 0.4) is 0 Å². The Bertz CT molecular complexity index is 1310. The Kier molecular flexibility index (Phi) is 11.0. The third kappa shape index (κ3) is 8.09. The maximum absolute atomic E-state index is 15.3. The topological polar surface area (TPSA) is 108 Å². The number of rotatable bonds is 11. The molecule has 2 aromatic rings. The summed E-state index contributed by atoms with van der Waals surface area (Å²) in [5.74, 6) is -0.414. The Labute approximate surface area is 260 Å². The number of sulfonamides is 1. The predicted molar refractivity (Wildman–Crippen MR) is 169 cm³/mol. The highest BCUT2D eigenvalue weighted by Gasteiger charge is 2.40. The Morgan fingerprint density at radius 2 is 1.91 bits per heavy atom. The molecule has 3 heterocycles. The number of nitrogens with zero attached hydrogens (tertiary/aromatic N) is 2. The van der Waals surface area contributed by atoms with Crippen LogP contribution in [0.5, 0.6) is 0 Å². The average molecular weight is 637 g/mol. The largest absolute Gasteiger partial charge is 0.378 e. The van der Waals surface area contributed by atoms with Crippen LogP contribution in [0.2, 0.25) is 5.02 Å². The molecule has 7 atom stereocenters. The second-order valence-corrected chi connectivity index (χ2v) is 14.9. The molecule has 0 aromatic heterocycles. The van der Waals surface area contributed by atoms with Gasteiger partial charge in [-0.3, -0.25) is 0 Å². The number of halogens is 2. The lowest BCUT2D eigenvalue weighted by atomic mass is 9.85. The van der Waals surface area contributed by atoms with Crippen LogP contribution >= 0.6 is 11.6 Å². The van der Waals surface area contributed by atoms with Gasteiger partial charge in [0.2, 0.25) is 10.0 Å². The first-order valence-corrected chi connectivity index (χ1v) is 17.7. The molecule has 0 aliphatic carbocycles. The number of nitrogens with one attached hydrogen (secondary N) is 1. The van der Waals surface area contributed by atoms with E-state index in [1.165, 1.54) is 6.07 Å². The van der Waals surface area contributed by atoms with Crippen LogP contribution in [0, 0.1) is 5.82 Å². The van der Waals surface area contributed by atoms with Gasteiger partial charge in [0.15, 0.2) is 0 Å². The van der Waals surface area contributed by atoms with Crippen LogP contribution in [0.4, 0.5) is 10.1 Å². The van der Waals surface area contributed by atoms with Crippen LogP contribution in [0.25, 0.3) is 0 Å². The molecule has 2 aromatic carbocycles. The van der Waals surface area contributed by atoms with Crippen molar-refractivity contribution in [2.24, 2.45) is 5.73 Å². The maximum Gasteiger partial charge on any atom is 0.214 e. The Morgan fingerprint density at radius 1 is 1.12 bits per heavy atom. The molecule has 0 radical (unpaired) electrons. The summed E-state index contributed by atoms with van der Waals surface area (Å²) in [4.78, 5) is 2.24. The van der Waals surface area contributed by atoms with Crippen molar-refractivity contribution < 1.29 is 22.7 Å². The van der Waals surface area contributed by atoms with E-state index in [0.717, 1.165) is 50.7 Å². The highest BCUT2D eigenvalue weighted by atomic mass is 35.5. The summed E-state index contributed by atoms with van der Waals surface area (Å²) in [6.45, 7) is 1.87. The summed E-state index contributed by atoms with van der Waals surface area (Å²) >= 11 is 6.16. The molecule has 3 saturated heterocycles. The predicted octanol–water partition coefficient (Wildman–Crippen LogP) is 4.71. The number of hydrogen-bond donors (Lipinski definition) is 3. The molecule has 11 heteroatoms. The van der Waals surface area contributed by atoms with E-state index in [9.17, 15) is 13.5 Å². The van der Waals surface area contributed by atoms with E-state index in [-0.39, 0.29) is 29.9 Å². The minimum atomic E-state index is -3.35. The number of piperazine rings is 1. The highest BCUT2D eigenvalue weighted by molar-refractivity contribution is 7.89. The Morgan fingerprint density at radius 3 is 2.65 bits per heavy atom. The van der Waals surface area contributed by atoms with Crippen molar-refractivity contribution in [1.82, 2.24) is 9.21 Å². The van der Waals surface area contributed by atoms with Crippen LogP contribution in [-0.2, 0) is 21.2 Å². The van der Waals surface area contributed by atoms with E-state index in [1.807, 2.05) is 31.3 Å². The summed E-state index contributed by atoms with van der Waals surface area (Å²) in [5.41, 5.74) is 8.60. The normalized spacial score (nSPS) is 28.0. The first kappa shape index (κ1) is 32.6. The van der Waals surface area contributed by atoms with Gasteiger partial charge in [0, 0.05) is 54.0 Å². The van der Waals surface area contributed by atoms with Crippen LogP contribution < -0.4 is 11.1 Å². The van der Waals surface area contributed by atoms with Gasteiger partial charge in [-0.25, -0.2) is 12.8 Å².